The number of aliphatic hydroxyl groups is 4. The quantitative estimate of drug-likeness (QED) is 0.319. The molecule has 4 atom stereocenters. The molecule has 7 heteroatoms. The van der Waals surface area contributed by atoms with E-state index in [4.69, 9.17) is 20.4 Å². The number of hydrogen-bond donors (Lipinski definition) is 5. The molecule has 0 aromatic rings. The van der Waals surface area contributed by atoms with Gasteiger partial charge in [0, 0.05) is 7.11 Å². The second-order valence-electron chi connectivity index (χ2n) is 2.72. The molecule has 14 heavy (non-hydrogen) atoms. The smallest absolute Gasteiger partial charge is 0.335 e. The minimum atomic E-state index is -1.96. The van der Waals surface area contributed by atoms with Crippen molar-refractivity contribution in [2.24, 2.45) is 0 Å². The highest BCUT2D eigenvalue weighted by Gasteiger charge is 2.35. The third kappa shape index (κ3) is 3.20. The van der Waals surface area contributed by atoms with Gasteiger partial charge in [-0.15, -0.1) is 0 Å². The van der Waals surface area contributed by atoms with Crippen LogP contribution in [-0.4, -0.2) is 69.6 Å². The average molecular weight is 210 g/mol. The van der Waals surface area contributed by atoms with E-state index in [0.29, 0.717) is 0 Å². The second-order valence-corrected chi connectivity index (χ2v) is 2.72. The predicted molar refractivity (Wildman–Crippen MR) is 43.5 cm³/mol. The van der Waals surface area contributed by atoms with Gasteiger partial charge in [0.2, 0.25) is 0 Å². The first kappa shape index (κ1) is 13.3. The van der Waals surface area contributed by atoms with Gasteiger partial charge in [0.1, 0.15) is 18.3 Å². The van der Waals surface area contributed by atoms with Crippen molar-refractivity contribution in [1.82, 2.24) is 0 Å². The van der Waals surface area contributed by atoms with Crippen LogP contribution in [0.3, 0.4) is 0 Å². The molecule has 0 bridgehead atoms. The van der Waals surface area contributed by atoms with Gasteiger partial charge < -0.3 is 30.3 Å². The van der Waals surface area contributed by atoms with Gasteiger partial charge in [-0.1, -0.05) is 0 Å². The van der Waals surface area contributed by atoms with Crippen molar-refractivity contribution >= 4 is 5.97 Å². The Morgan fingerprint density at radius 3 is 2.14 bits per heavy atom. The molecule has 0 saturated carbocycles. The van der Waals surface area contributed by atoms with Gasteiger partial charge in [0.05, 0.1) is 6.61 Å². The van der Waals surface area contributed by atoms with Crippen LogP contribution in [0.15, 0.2) is 0 Å². The number of carbonyl (C=O) groups is 1. The zero-order valence-corrected chi connectivity index (χ0v) is 7.57. The Bertz CT molecular complexity index is 183. The third-order valence-corrected chi connectivity index (χ3v) is 1.75. The van der Waals surface area contributed by atoms with Crippen molar-refractivity contribution in [3.05, 3.63) is 0 Å². The topological polar surface area (TPSA) is 127 Å². The van der Waals surface area contributed by atoms with Crippen LogP contribution in [0.5, 0.6) is 0 Å². The summed E-state index contributed by atoms with van der Waals surface area (Å²) in [5.74, 6) is -1.58. The standard InChI is InChI=1S/C7H14O7/c1-14-6(5(11)7(12)13)4(10)3(9)2-8/h3-6,8-11H,2H2,1H3,(H,12,13)/t3-,4-,5-,6+/m1/s1. The molecule has 0 fully saturated rings. The molecule has 0 aliphatic heterocycles. The lowest BCUT2D eigenvalue weighted by Gasteiger charge is -2.26. The first-order valence-corrected chi connectivity index (χ1v) is 3.86. The first-order chi connectivity index (χ1) is 6.45. The number of hydrogen-bond acceptors (Lipinski definition) is 6. The molecule has 0 spiro atoms. The maximum atomic E-state index is 10.3. The Morgan fingerprint density at radius 1 is 1.36 bits per heavy atom. The lowest BCUT2D eigenvalue weighted by atomic mass is 10.0. The number of carboxylic acids is 1. The normalized spacial score (nSPS) is 19.8. The highest BCUT2D eigenvalue weighted by atomic mass is 16.5. The maximum absolute atomic E-state index is 10.3. The molecule has 0 aliphatic carbocycles. The molecular formula is C7H14O7. The summed E-state index contributed by atoms with van der Waals surface area (Å²) in [4.78, 5) is 10.3. The number of aliphatic carboxylic acids is 1. The summed E-state index contributed by atoms with van der Waals surface area (Å²) in [5, 5.41) is 44.1. The Kier molecular flexibility index (Phi) is 5.58. The Hall–Kier alpha value is -0.730. The van der Waals surface area contributed by atoms with Crippen molar-refractivity contribution < 1.29 is 35.1 Å². The van der Waals surface area contributed by atoms with Crippen LogP contribution in [0.25, 0.3) is 0 Å². The second kappa shape index (κ2) is 5.89. The van der Waals surface area contributed by atoms with Crippen LogP contribution in [-0.2, 0) is 9.53 Å². The van der Waals surface area contributed by atoms with Crippen LogP contribution in [0.1, 0.15) is 0 Å². The molecule has 0 aromatic carbocycles. The molecule has 84 valence electrons. The van der Waals surface area contributed by atoms with Gasteiger partial charge in [0.15, 0.2) is 6.10 Å². The summed E-state index contributed by atoms with van der Waals surface area (Å²) in [6, 6.07) is 0. The Morgan fingerprint density at radius 2 is 1.86 bits per heavy atom. The van der Waals surface area contributed by atoms with Crippen LogP contribution in [0.4, 0.5) is 0 Å². The van der Waals surface area contributed by atoms with Crippen molar-refractivity contribution in [2.75, 3.05) is 13.7 Å². The van der Waals surface area contributed by atoms with Crippen LogP contribution in [0, 0.1) is 0 Å². The van der Waals surface area contributed by atoms with Gasteiger partial charge in [-0.2, -0.15) is 0 Å². The summed E-state index contributed by atoms with van der Waals surface area (Å²) >= 11 is 0. The van der Waals surface area contributed by atoms with E-state index < -0.39 is 37.0 Å². The fourth-order valence-corrected chi connectivity index (χ4v) is 0.923. The molecule has 0 rings (SSSR count). The zero-order valence-electron chi connectivity index (χ0n) is 7.57. The number of rotatable bonds is 6. The van der Waals surface area contributed by atoms with Crippen LogP contribution >= 0.6 is 0 Å². The molecule has 7 nitrogen and oxygen atoms in total. The molecule has 5 N–H and O–H groups in total. The molecule has 0 heterocycles. The van der Waals surface area contributed by atoms with E-state index >= 15 is 0 Å². The van der Waals surface area contributed by atoms with Gasteiger partial charge in [-0.05, 0) is 0 Å². The number of methoxy groups -OCH3 is 1. The van der Waals surface area contributed by atoms with Crippen LogP contribution < -0.4 is 0 Å². The lowest BCUT2D eigenvalue weighted by molar-refractivity contribution is -0.168. The summed E-state index contributed by atoms with van der Waals surface area (Å²) in [7, 11) is 1.07. The molecule has 0 aromatic heterocycles. The van der Waals surface area contributed by atoms with E-state index in [1.807, 2.05) is 0 Å². The van der Waals surface area contributed by atoms with E-state index in [0.717, 1.165) is 7.11 Å². The van der Waals surface area contributed by atoms with Crippen molar-refractivity contribution in [3.8, 4) is 0 Å². The number of carboxylic acid groups (broad SMARTS) is 1. The molecule has 0 aliphatic rings. The summed E-state index contributed by atoms with van der Waals surface area (Å²) in [6.07, 6.45) is -6.68. The molecular weight excluding hydrogens is 196 g/mol. The van der Waals surface area contributed by atoms with Crippen molar-refractivity contribution in [2.45, 2.75) is 24.4 Å². The maximum Gasteiger partial charge on any atom is 0.335 e. The lowest BCUT2D eigenvalue weighted by Crippen LogP contribution is -2.49. The average Bonchev–Trinajstić information content (AvgIpc) is 2.17. The van der Waals surface area contributed by atoms with Gasteiger partial charge in [0.25, 0.3) is 0 Å². The largest absolute Gasteiger partial charge is 0.479 e. The van der Waals surface area contributed by atoms with Gasteiger partial charge >= 0.3 is 5.97 Å². The zero-order chi connectivity index (χ0) is 11.3. The fourth-order valence-electron chi connectivity index (χ4n) is 0.923. The van der Waals surface area contributed by atoms with Crippen molar-refractivity contribution in [1.29, 1.82) is 0 Å². The highest BCUT2D eigenvalue weighted by Crippen LogP contribution is 2.08. The molecule has 0 saturated heterocycles. The molecule has 0 radical (unpaired) electrons. The summed E-state index contributed by atoms with van der Waals surface area (Å²) in [5.41, 5.74) is 0. The minimum Gasteiger partial charge on any atom is -0.479 e. The SMILES string of the molecule is CO[C@@H]([C@H](O)[C@H](O)CO)[C@@H](O)C(=O)O. The monoisotopic (exact) mass is 210 g/mol. The third-order valence-electron chi connectivity index (χ3n) is 1.75. The summed E-state index contributed by atoms with van der Waals surface area (Å²) < 4.78 is 4.51. The van der Waals surface area contributed by atoms with Crippen molar-refractivity contribution in [3.63, 3.8) is 0 Å². The number of ether oxygens (including phenoxy) is 1. The molecule has 0 unspecified atom stereocenters. The van der Waals surface area contributed by atoms with Gasteiger partial charge in [-0.3, -0.25) is 0 Å². The molecule has 0 amide bonds. The highest BCUT2D eigenvalue weighted by molar-refractivity contribution is 5.72. The van der Waals surface area contributed by atoms with E-state index in [1.165, 1.54) is 0 Å². The Labute approximate surface area is 80.2 Å². The van der Waals surface area contributed by atoms with E-state index in [2.05, 4.69) is 4.74 Å². The fraction of sp³-hybridized carbons (Fsp3) is 0.857. The summed E-state index contributed by atoms with van der Waals surface area (Å²) in [6.45, 7) is -0.757. The Balaban J connectivity index is 4.46. The van der Waals surface area contributed by atoms with E-state index in [1.54, 1.807) is 0 Å². The van der Waals surface area contributed by atoms with Crippen LogP contribution in [0.2, 0.25) is 0 Å². The predicted octanol–water partition coefficient (Wildman–Crippen LogP) is -2.84. The minimum absolute atomic E-state index is 0.757. The van der Waals surface area contributed by atoms with E-state index in [-0.39, 0.29) is 0 Å². The number of aliphatic hydroxyl groups excluding tert-OH is 4. The first-order valence-electron chi connectivity index (χ1n) is 3.86. The van der Waals surface area contributed by atoms with Gasteiger partial charge in [-0.25, -0.2) is 4.79 Å². The van der Waals surface area contributed by atoms with E-state index in [9.17, 15) is 9.90 Å².